The number of pyridine rings is 1. The van der Waals surface area contributed by atoms with Gasteiger partial charge in [0.2, 0.25) is 5.91 Å². The van der Waals surface area contributed by atoms with Gasteiger partial charge >= 0.3 is 5.97 Å². The Kier molecular flexibility index (Phi) is 4.22. The summed E-state index contributed by atoms with van der Waals surface area (Å²) in [6.45, 7) is 0. The van der Waals surface area contributed by atoms with E-state index < -0.39 is 11.9 Å². The molecule has 1 aromatic rings. The third-order valence-electron chi connectivity index (χ3n) is 3.69. The van der Waals surface area contributed by atoms with Crippen molar-refractivity contribution in [3.05, 3.63) is 18.5 Å². The molecule has 20 heavy (non-hydrogen) atoms. The molecule has 0 aromatic carbocycles. The molecule has 0 saturated heterocycles. The molecule has 2 unspecified atom stereocenters. The Hall–Kier alpha value is -2.11. The second kappa shape index (κ2) is 5.90. The summed E-state index contributed by atoms with van der Waals surface area (Å²) in [6.07, 6.45) is 4.89. The first-order valence-corrected chi connectivity index (χ1v) is 6.64. The Balaban J connectivity index is 2.04. The third-order valence-corrected chi connectivity index (χ3v) is 3.69. The Bertz CT molecular complexity index is 516. The predicted molar refractivity (Wildman–Crippen MR) is 75.7 cm³/mol. The lowest BCUT2D eigenvalue weighted by Gasteiger charge is -2.18. The van der Waals surface area contributed by atoms with Crippen molar-refractivity contribution >= 4 is 23.3 Å². The molecule has 1 aliphatic rings. The maximum Gasteiger partial charge on any atom is 0.306 e. The predicted octanol–water partition coefficient (Wildman–Crippen LogP) is 1.59. The fourth-order valence-corrected chi connectivity index (χ4v) is 2.55. The molecule has 108 valence electrons. The first kappa shape index (κ1) is 14.3. The number of carbonyl (C=O) groups is 2. The van der Waals surface area contributed by atoms with Gasteiger partial charge in [0, 0.05) is 26.2 Å². The fraction of sp³-hybridized carbons (Fsp3) is 0.500. The first-order chi connectivity index (χ1) is 9.49. The largest absolute Gasteiger partial charge is 0.481 e. The molecule has 2 rings (SSSR count). The Morgan fingerprint density at radius 3 is 2.65 bits per heavy atom. The van der Waals surface area contributed by atoms with Crippen LogP contribution in [0.4, 0.5) is 11.4 Å². The zero-order valence-corrected chi connectivity index (χ0v) is 11.7. The molecule has 6 nitrogen and oxygen atoms in total. The molecule has 2 atom stereocenters. The molecule has 0 radical (unpaired) electrons. The summed E-state index contributed by atoms with van der Waals surface area (Å²) < 4.78 is 0. The van der Waals surface area contributed by atoms with E-state index in [1.807, 2.05) is 25.1 Å². The van der Waals surface area contributed by atoms with Crippen molar-refractivity contribution in [1.82, 2.24) is 4.98 Å². The molecular formula is C14H19N3O3. The van der Waals surface area contributed by atoms with Crippen LogP contribution in [-0.4, -0.2) is 36.1 Å². The van der Waals surface area contributed by atoms with Gasteiger partial charge in [-0.2, -0.15) is 0 Å². The molecule has 1 saturated carbocycles. The molecule has 1 fully saturated rings. The van der Waals surface area contributed by atoms with Gasteiger partial charge in [-0.1, -0.05) is 0 Å². The van der Waals surface area contributed by atoms with Crippen LogP contribution in [0.5, 0.6) is 0 Å². The van der Waals surface area contributed by atoms with E-state index in [2.05, 4.69) is 10.3 Å². The second-order valence-electron chi connectivity index (χ2n) is 5.32. The minimum absolute atomic E-state index is 0.121. The van der Waals surface area contributed by atoms with Gasteiger partial charge in [0.05, 0.1) is 23.5 Å². The number of rotatable bonds is 4. The second-order valence-corrected chi connectivity index (χ2v) is 5.32. The van der Waals surface area contributed by atoms with Crippen LogP contribution in [0.3, 0.4) is 0 Å². The van der Waals surface area contributed by atoms with E-state index in [9.17, 15) is 9.59 Å². The molecule has 1 aliphatic carbocycles. The average Bonchev–Trinajstić information content (AvgIpc) is 2.89. The van der Waals surface area contributed by atoms with Crippen molar-refractivity contribution in [3.8, 4) is 0 Å². The van der Waals surface area contributed by atoms with Crippen LogP contribution in [0.1, 0.15) is 19.3 Å². The van der Waals surface area contributed by atoms with E-state index in [0.29, 0.717) is 24.9 Å². The molecule has 0 bridgehead atoms. The van der Waals surface area contributed by atoms with Crippen LogP contribution >= 0.6 is 0 Å². The summed E-state index contributed by atoms with van der Waals surface area (Å²) in [4.78, 5) is 29.0. The first-order valence-electron chi connectivity index (χ1n) is 6.64. The minimum Gasteiger partial charge on any atom is -0.481 e. The van der Waals surface area contributed by atoms with Crippen LogP contribution in [0, 0.1) is 11.8 Å². The van der Waals surface area contributed by atoms with Crippen molar-refractivity contribution in [3.63, 3.8) is 0 Å². The number of carboxylic acid groups (broad SMARTS) is 1. The molecule has 0 spiro atoms. The normalized spacial score (nSPS) is 21.5. The number of aromatic nitrogens is 1. The van der Waals surface area contributed by atoms with Crippen LogP contribution in [-0.2, 0) is 9.59 Å². The smallest absolute Gasteiger partial charge is 0.306 e. The molecule has 1 heterocycles. The van der Waals surface area contributed by atoms with Gasteiger partial charge in [-0.25, -0.2) is 0 Å². The summed E-state index contributed by atoms with van der Waals surface area (Å²) in [6, 6.07) is 1.82. The molecule has 6 heteroatoms. The quantitative estimate of drug-likeness (QED) is 0.873. The summed E-state index contributed by atoms with van der Waals surface area (Å²) in [7, 11) is 3.78. The highest BCUT2D eigenvalue weighted by Crippen LogP contribution is 2.32. The fourth-order valence-electron chi connectivity index (χ4n) is 2.55. The van der Waals surface area contributed by atoms with Crippen LogP contribution in [0.25, 0.3) is 0 Å². The van der Waals surface area contributed by atoms with E-state index in [1.54, 1.807) is 12.4 Å². The zero-order chi connectivity index (χ0) is 14.7. The van der Waals surface area contributed by atoms with Crippen molar-refractivity contribution in [2.45, 2.75) is 19.3 Å². The number of anilines is 2. The molecule has 1 aromatic heterocycles. The maximum atomic E-state index is 12.2. The van der Waals surface area contributed by atoms with Crippen molar-refractivity contribution in [2.24, 2.45) is 11.8 Å². The van der Waals surface area contributed by atoms with Gasteiger partial charge in [0.1, 0.15) is 0 Å². The van der Waals surface area contributed by atoms with Crippen LogP contribution < -0.4 is 10.2 Å². The lowest BCUT2D eigenvalue weighted by atomic mass is 10.0. The van der Waals surface area contributed by atoms with Crippen molar-refractivity contribution in [2.75, 3.05) is 24.3 Å². The molecule has 0 aliphatic heterocycles. The van der Waals surface area contributed by atoms with Crippen molar-refractivity contribution < 1.29 is 14.7 Å². The molecule has 2 N–H and O–H groups in total. The SMILES string of the molecule is CN(C)c1ccncc1NC(=O)C1CCC(C(=O)O)C1. The number of nitrogens with zero attached hydrogens (tertiary/aromatic N) is 2. The van der Waals surface area contributed by atoms with E-state index >= 15 is 0 Å². The van der Waals surface area contributed by atoms with Crippen molar-refractivity contribution in [1.29, 1.82) is 0 Å². The van der Waals surface area contributed by atoms with E-state index in [4.69, 9.17) is 5.11 Å². The lowest BCUT2D eigenvalue weighted by Crippen LogP contribution is -2.23. The van der Waals surface area contributed by atoms with Gasteiger partial charge in [-0.05, 0) is 25.3 Å². The van der Waals surface area contributed by atoms with Gasteiger partial charge in [0.15, 0.2) is 0 Å². The molecular weight excluding hydrogens is 258 g/mol. The number of aliphatic carboxylic acids is 1. The number of hydrogen-bond acceptors (Lipinski definition) is 4. The van der Waals surface area contributed by atoms with E-state index in [-0.39, 0.29) is 11.8 Å². The number of amides is 1. The van der Waals surface area contributed by atoms with Crippen LogP contribution in [0.15, 0.2) is 18.5 Å². The Morgan fingerprint density at radius 1 is 1.35 bits per heavy atom. The lowest BCUT2D eigenvalue weighted by molar-refractivity contribution is -0.141. The number of nitrogens with one attached hydrogen (secondary N) is 1. The maximum absolute atomic E-state index is 12.2. The Labute approximate surface area is 117 Å². The zero-order valence-electron chi connectivity index (χ0n) is 11.7. The topological polar surface area (TPSA) is 82.5 Å². The Morgan fingerprint density at radius 2 is 2.05 bits per heavy atom. The van der Waals surface area contributed by atoms with Gasteiger partial charge < -0.3 is 15.3 Å². The highest BCUT2D eigenvalue weighted by molar-refractivity contribution is 5.96. The molecule has 1 amide bonds. The summed E-state index contributed by atoms with van der Waals surface area (Å²) >= 11 is 0. The van der Waals surface area contributed by atoms with Crippen LogP contribution in [0.2, 0.25) is 0 Å². The van der Waals surface area contributed by atoms with Gasteiger partial charge in [-0.3, -0.25) is 14.6 Å². The third kappa shape index (κ3) is 3.07. The summed E-state index contributed by atoms with van der Waals surface area (Å²) in [5.41, 5.74) is 1.53. The number of hydrogen-bond donors (Lipinski definition) is 2. The minimum atomic E-state index is -0.810. The monoisotopic (exact) mass is 277 g/mol. The number of carboxylic acids is 1. The average molecular weight is 277 g/mol. The highest BCUT2D eigenvalue weighted by Gasteiger charge is 2.34. The highest BCUT2D eigenvalue weighted by atomic mass is 16.4. The summed E-state index contributed by atoms with van der Waals surface area (Å²) in [5, 5.41) is 11.8. The van der Waals surface area contributed by atoms with E-state index in [0.717, 1.165) is 5.69 Å². The summed E-state index contributed by atoms with van der Waals surface area (Å²) in [5.74, 6) is -1.56. The van der Waals surface area contributed by atoms with Gasteiger partial charge in [0.25, 0.3) is 0 Å². The standard InChI is InChI=1S/C14H19N3O3/c1-17(2)12-5-6-15-8-11(12)16-13(18)9-3-4-10(7-9)14(19)20/h5-6,8-10H,3-4,7H2,1-2H3,(H,16,18)(H,19,20). The number of carbonyl (C=O) groups excluding carboxylic acids is 1. The van der Waals surface area contributed by atoms with E-state index in [1.165, 1.54) is 0 Å². The van der Waals surface area contributed by atoms with Gasteiger partial charge in [-0.15, -0.1) is 0 Å².